The molecular formula is C23H36N2O6S. The summed E-state index contributed by atoms with van der Waals surface area (Å²) in [6.45, 7) is 11.4. The van der Waals surface area contributed by atoms with Gasteiger partial charge in [-0.25, -0.2) is 17.5 Å². The molecule has 2 fully saturated rings. The van der Waals surface area contributed by atoms with Gasteiger partial charge in [0.05, 0.1) is 19.0 Å². The van der Waals surface area contributed by atoms with Crippen LogP contribution in [0.15, 0.2) is 12.1 Å². The molecule has 0 N–H and O–H groups in total. The van der Waals surface area contributed by atoms with Crippen molar-refractivity contribution in [2.75, 3.05) is 44.0 Å². The molecule has 0 saturated carbocycles. The first-order chi connectivity index (χ1) is 14.8. The third-order valence-electron chi connectivity index (χ3n) is 6.04. The Morgan fingerprint density at radius 3 is 2.16 bits per heavy atom. The number of sulfonamides is 1. The van der Waals surface area contributed by atoms with E-state index in [1.165, 1.54) is 4.90 Å². The second-order valence-electron chi connectivity index (χ2n) is 9.67. The number of benzene rings is 1. The maximum Gasteiger partial charge on any atom is 0.414 e. The molecule has 0 aliphatic carbocycles. The Morgan fingerprint density at radius 2 is 1.66 bits per heavy atom. The van der Waals surface area contributed by atoms with Crippen molar-refractivity contribution < 1.29 is 27.4 Å². The summed E-state index contributed by atoms with van der Waals surface area (Å²) in [7, 11) is -1.71. The summed E-state index contributed by atoms with van der Waals surface area (Å²) in [5.74, 6) is -0.542. The van der Waals surface area contributed by atoms with E-state index in [2.05, 4.69) is 0 Å². The van der Waals surface area contributed by atoms with Crippen LogP contribution in [0.1, 0.15) is 50.3 Å². The molecule has 180 valence electrons. The molecule has 1 aromatic carbocycles. The standard InChI is InChI=1S/C23H36N2O6S/c1-17-15-19(24(6)21(26)31-22(3,4)5)16-18(2)20(17)7-14-32(27,28)25-10-8-23(9-11-25)29-12-13-30-23/h15-16H,7-14H2,1-6H3. The zero-order valence-corrected chi connectivity index (χ0v) is 20.9. The summed E-state index contributed by atoms with van der Waals surface area (Å²) in [4.78, 5) is 13.9. The number of carbonyl (C=O) groups excluding carboxylic acids is 1. The third-order valence-corrected chi connectivity index (χ3v) is 7.91. The molecule has 2 aliphatic rings. The number of hydrogen-bond acceptors (Lipinski definition) is 6. The molecule has 0 bridgehead atoms. The average Bonchev–Trinajstić information content (AvgIpc) is 3.13. The molecule has 9 heteroatoms. The van der Waals surface area contributed by atoms with E-state index in [9.17, 15) is 13.2 Å². The number of rotatable bonds is 5. The number of hydrogen-bond donors (Lipinski definition) is 0. The quantitative estimate of drug-likeness (QED) is 0.659. The van der Waals surface area contributed by atoms with Crippen molar-refractivity contribution in [2.45, 2.75) is 65.3 Å². The van der Waals surface area contributed by atoms with Gasteiger partial charge in [-0.15, -0.1) is 0 Å². The second-order valence-corrected chi connectivity index (χ2v) is 11.8. The zero-order chi connectivity index (χ0) is 23.7. The Labute approximate surface area is 191 Å². The summed E-state index contributed by atoms with van der Waals surface area (Å²) < 4.78 is 44.3. The summed E-state index contributed by atoms with van der Waals surface area (Å²) in [5, 5.41) is 0. The molecule has 32 heavy (non-hydrogen) atoms. The highest BCUT2D eigenvalue weighted by atomic mass is 32.2. The van der Waals surface area contributed by atoms with E-state index in [1.807, 2.05) is 46.8 Å². The molecule has 0 radical (unpaired) electrons. The zero-order valence-electron chi connectivity index (χ0n) is 20.1. The lowest BCUT2D eigenvalue weighted by Crippen LogP contribution is -2.48. The minimum absolute atomic E-state index is 0.0463. The van der Waals surface area contributed by atoms with Crippen molar-refractivity contribution in [3.8, 4) is 0 Å². The van der Waals surface area contributed by atoms with E-state index in [0.717, 1.165) is 22.4 Å². The van der Waals surface area contributed by atoms with Crippen molar-refractivity contribution in [1.29, 1.82) is 0 Å². The van der Waals surface area contributed by atoms with E-state index in [-0.39, 0.29) is 5.75 Å². The molecule has 1 spiro atoms. The molecule has 8 nitrogen and oxygen atoms in total. The SMILES string of the molecule is Cc1cc(N(C)C(=O)OC(C)(C)C)cc(C)c1CCS(=O)(=O)N1CCC2(CC1)OCCO2. The van der Waals surface area contributed by atoms with E-state index in [0.29, 0.717) is 45.6 Å². The lowest BCUT2D eigenvalue weighted by Gasteiger charge is -2.36. The Balaban J connectivity index is 1.64. The van der Waals surface area contributed by atoms with E-state index < -0.39 is 27.5 Å². The Bertz CT molecular complexity index is 915. The molecule has 2 saturated heterocycles. The van der Waals surface area contributed by atoms with Crippen LogP contribution in [0, 0.1) is 13.8 Å². The van der Waals surface area contributed by atoms with Gasteiger partial charge < -0.3 is 14.2 Å². The van der Waals surface area contributed by atoms with Gasteiger partial charge in [-0.1, -0.05) is 0 Å². The second kappa shape index (κ2) is 9.29. The molecular weight excluding hydrogens is 432 g/mol. The molecule has 0 aromatic heterocycles. The van der Waals surface area contributed by atoms with Crippen LogP contribution in [-0.2, 0) is 30.7 Å². The molecule has 2 heterocycles. The molecule has 0 atom stereocenters. The predicted octanol–water partition coefficient (Wildman–Crippen LogP) is 3.39. The molecule has 2 aliphatic heterocycles. The van der Waals surface area contributed by atoms with Crippen molar-refractivity contribution in [3.05, 3.63) is 28.8 Å². The molecule has 1 aromatic rings. The molecule has 1 amide bonds. The van der Waals surface area contributed by atoms with Gasteiger partial charge in [-0.2, -0.15) is 0 Å². The van der Waals surface area contributed by atoms with Gasteiger partial charge in [0.2, 0.25) is 10.0 Å². The summed E-state index contributed by atoms with van der Waals surface area (Å²) in [6, 6.07) is 3.80. The Kier molecular flexibility index (Phi) is 7.24. The van der Waals surface area contributed by atoms with Crippen LogP contribution in [0.4, 0.5) is 10.5 Å². The summed E-state index contributed by atoms with van der Waals surface area (Å²) >= 11 is 0. The minimum atomic E-state index is -3.38. The Hall–Kier alpha value is -1.68. The highest BCUT2D eigenvalue weighted by Crippen LogP contribution is 2.32. The smallest absolute Gasteiger partial charge is 0.414 e. The van der Waals surface area contributed by atoms with Gasteiger partial charge in [0.15, 0.2) is 5.79 Å². The average molecular weight is 469 g/mol. The predicted molar refractivity (Wildman–Crippen MR) is 123 cm³/mol. The first-order valence-corrected chi connectivity index (χ1v) is 12.8. The number of nitrogens with zero attached hydrogens (tertiary/aromatic N) is 2. The van der Waals surface area contributed by atoms with Crippen LogP contribution in [0.2, 0.25) is 0 Å². The van der Waals surface area contributed by atoms with E-state index in [1.54, 1.807) is 11.4 Å². The van der Waals surface area contributed by atoms with Gasteiger partial charge in [0, 0.05) is 38.7 Å². The minimum Gasteiger partial charge on any atom is -0.443 e. The van der Waals surface area contributed by atoms with Crippen molar-refractivity contribution in [2.24, 2.45) is 0 Å². The van der Waals surface area contributed by atoms with Crippen LogP contribution in [0.3, 0.4) is 0 Å². The number of amides is 1. The van der Waals surface area contributed by atoms with E-state index in [4.69, 9.17) is 14.2 Å². The summed E-state index contributed by atoms with van der Waals surface area (Å²) in [6.07, 6.45) is 1.13. The summed E-state index contributed by atoms with van der Waals surface area (Å²) in [5.41, 5.74) is 3.05. The van der Waals surface area contributed by atoms with Crippen LogP contribution < -0.4 is 4.90 Å². The fourth-order valence-electron chi connectivity index (χ4n) is 4.25. The fraction of sp³-hybridized carbons (Fsp3) is 0.696. The highest BCUT2D eigenvalue weighted by molar-refractivity contribution is 7.89. The van der Waals surface area contributed by atoms with Crippen molar-refractivity contribution in [3.63, 3.8) is 0 Å². The highest BCUT2D eigenvalue weighted by Gasteiger charge is 2.42. The van der Waals surface area contributed by atoms with Gasteiger partial charge in [0.1, 0.15) is 5.60 Å². The number of anilines is 1. The van der Waals surface area contributed by atoms with Crippen LogP contribution in [0.25, 0.3) is 0 Å². The topological polar surface area (TPSA) is 85.4 Å². The number of piperidine rings is 1. The van der Waals surface area contributed by atoms with Crippen LogP contribution in [-0.4, -0.2) is 69.3 Å². The van der Waals surface area contributed by atoms with Gasteiger partial charge in [-0.05, 0) is 69.9 Å². The maximum absolute atomic E-state index is 13.0. The lowest BCUT2D eigenvalue weighted by atomic mass is 9.99. The first-order valence-electron chi connectivity index (χ1n) is 11.1. The first kappa shape index (κ1) is 25.0. The monoisotopic (exact) mass is 468 g/mol. The number of ether oxygens (including phenoxy) is 3. The van der Waals surface area contributed by atoms with E-state index >= 15 is 0 Å². The number of carbonyl (C=O) groups is 1. The lowest BCUT2D eigenvalue weighted by molar-refractivity contribution is -0.179. The van der Waals surface area contributed by atoms with Crippen LogP contribution >= 0.6 is 0 Å². The van der Waals surface area contributed by atoms with Gasteiger partial charge >= 0.3 is 6.09 Å². The molecule has 3 rings (SSSR count). The maximum atomic E-state index is 13.0. The third kappa shape index (κ3) is 5.81. The van der Waals surface area contributed by atoms with Crippen molar-refractivity contribution >= 4 is 21.8 Å². The molecule has 0 unspecified atom stereocenters. The Morgan fingerprint density at radius 1 is 1.12 bits per heavy atom. The van der Waals surface area contributed by atoms with Gasteiger partial charge in [0.25, 0.3) is 0 Å². The van der Waals surface area contributed by atoms with Crippen LogP contribution in [0.5, 0.6) is 0 Å². The fourth-order valence-corrected chi connectivity index (χ4v) is 5.70. The normalized spacial score (nSPS) is 19.3. The largest absolute Gasteiger partial charge is 0.443 e. The number of aryl methyl sites for hydroxylation is 2. The van der Waals surface area contributed by atoms with Crippen molar-refractivity contribution in [1.82, 2.24) is 4.31 Å². The van der Waals surface area contributed by atoms with Gasteiger partial charge in [-0.3, -0.25) is 4.90 Å².